The van der Waals surface area contributed by atoms with Crippen molar-refractivity contribution in [1.29, 1.82) is 0 Å². The first-order valence-electron chi connectivity index (χ1n) is 6.71. The van der Waals surface area contributed by atoms with Crippen molar-refractivity contribution in [2.45, 2.75) is 32.0 Å². The smallest absolute Gasteiger partial charge is 0.0987 e. The Morgan fingerprint density at radius 1 is 1.44 bits per heavy atom. The van der Waals surface area contributed by atoms with E-state index >= 15 is 0 Å². The molecule has 1 aliphatic rings. The fraction of sp³-hybridized carbons (Fsp3) is 0.769. The Bertz CT molecular complexity index is 379. The van der Waals surface area contributed by atoms with Crippen LogP contribution in [0.2, 0.25) is 0 Å². The van der Waals surface area contributed by atoms with Gasteiger partial charge in [0.1, 0.15) is 0 Å². The number of hydrogen-bond donors (Lipinski definition) is 1. The second kappa shape index (κ2) is 5.82. The van der Waals surface area contributed by atoms with Crippen LogP contribution in [0, 0.1) is 0 Å². The molecule has 0 aliphatic carbocycles. The predicted octanol–water partition coefficient (Wildman–Crippen LogP) is 0.572. The van der Waals surface area contributed by atoms with Crippen molar-refractivity contribution in [2.75, 3.05) is 33.7 Å². The average Bonchev–Trinajstić information content (AvgIpc) is 2.77. The minimum atomic E-state index is -0.462. The number of rotatable bonds is 3. The second-order valence-electron chi connectivity index (χ2n) is 5.24. The number of likely N-dealkylation sites (N-methyl/N-ethyl adjacent to an activating group) is 2. The lowest BCUT2D eigenvalue weighted by Gasteiger charge is -2.31. The van der Waals surface area contributed by atoms with E-state index in [2.05, 4.69) is 35.9 Å². The van der Waals surface area contributed by atoms with Crippen LogP contribution in [0.1, 0.15) is 25.0 Å². The summed E-state index contributed by atoms with van der Waals surface area (Å²) in [5.74, 6) is 0. The van der Waals surface area contributed by atoms with Crippen molar-refractivity contribution >= 4 is 0 Å². The number of aryl methyl sites for hydroxylation is 1. The highest BCUT2D eigenvalue weighted by Gasteiger charge is 2.28. The first kappa shape index (κ1) is 13.5. The van der Waals surface area contributed by atoms with Crippen LogP contribution >= 0.6 is 0 Å². The molecule has 0 radical (unpaired) electrons. The van der Waals surface area contributed by atoms with Crippen LogP contribution in [0.15, 0.2) is 12.4 Å². The minimum Gasteiger partial charge on any atom is -0.387 e. The van der Waals surface area contributed by atoms with E-state index in [9.17, 15) is 5.11 Å². The number of aliphatic hydroxyl groups excluding tert-OH is 1. The lowest BCUT2D eigenvalue weighted by Crippen LogP contribution is -2.42. The molecule has 2 atom stereocenters. The zero-order valence-electron chi connectivity index (χ0n) is 11.6. The summed E-state index contributed by atoms with van der Waals surface area (Å²) in [7, 11) is 4.21. The molecule has 2 unspecified atom stereocenters. The zero-order chi connectivity index (χ0) is 13.1. The van der Waals surface area contributed by atoms with Gasteiger partial charge in [0.15, 0.2) is 0 Å². The number of aliphatic hydroxyl groups is 1. The largest absolute Gasteiger partial charge is 0.387 e. The Kier molecular flexibility index (Phi) is 4.37. The molecule has 1 fully saturated rings. The molecule has 5 heteroatoms. The van der Waals surface area contributed by atoms with E-state index in [0.717, 1.165) is 38.2 Å². The molecule has 0 amide bonds. The fourth-order valence-electron chi connectivity index (χ4n) is 2.57. The zero-order valence-corrected chi connectivity index (χ0v) is 11.6. The Balaban J connectivity index is 2.12. The van der Waals surface area contributed by atoms with Gasteiger partial charge < -0.3 is 10.0 Å². The van der Waals surface area contributed by atoms with Gasteiger partial charge in [-0.25, -0.2) is 0 Å². The second-order valence-corrected chi connectivity index (χ2v) is 5.24. The molecule has 1 aliphatic heterocycles. The van der Waals surface area contributed by atoms with Crippen LogP contribution < -0.4 is 0 Å². The van der Waals surface area contributed by atoms with E-state index in [1.165, 1.54) is 0 Å². The summed E-state index contributed by atoms with van der Waals surface area (Å²) in [6.45, 7) is 5.92. The molecule has 1 saturated heterocycles. The number of nitrogens with zero attached hydrogens (tertiary/aromatic N) is 4. The van der Waals surface area contributed by atoms with E-state index in [1.807, 2.05) is 10.9 Å². The molecule has 5 nitrogen and oxygen atoms in total. The van der Waals surface area contributed by atoms with Crippen LogP contribution in [0.4, 0.5) is 0 Å². The maximum atomic E-state index is 10.5. The molecule has 18 heavy (non-hydrogen) atoms. The number of hydrogen-bond acceptors (Lipinski definition) is 4. The van der Waals surface area contributed by atoms with E-state index in [0.29, 0.717) is 0 Å². The third kappa shape index (κ3) is 2.91. The van der Waals surface area contributed by atoms with Crippen molar-refractivity contribution in [3.8, 4) is 0 Å². The van der Waals surface area contributed by atoms with E-state index in [1.54, 1.807) is 6.20 Å². The third-order valence-corrected chi connectivity index (χ3v) is 3.80. The van der Waals surface area contributed by atoms with Gasteiger partial charge in [0, 0.05) is 24.8 Å². The average molecular weight is 252 g/mol. The Morgan fingerprint density at radius 2 is 2.22 bits per heavy atom. The quantitative estimate of drug-likeness (QED) is 0.854. The van der Waals surface area contributed by atoms with Crippen LogP contribution in [0.5, 0.6) is 0 Å². The molecular formula is C13H24N4O. The summed E-state index contributed by atoms with van der Waals surface area (Å²) in [6, 6.07) is 0.145. The lowest BCUT2D eigenvalue weighted by molar-refractivity contribution is 0.0572. The van der Waals surface area contributed by atoms with Crippen LogP contribution in [-0.2, 0) is 6.54 Å². The van der Waals surface area contributed by atoms with Gasteiger partial charge in [-0.1, -0.05) is 0 Å². The molecule has 102 valence electrons. The highest BCUT2D eigenvalue weighted by Crippen LogP contribution is 2.22. The molecule has 2 rings (SSSR count). The summed E-state index contributed by atoms with van der Waals surface area (Å²) >= 11 is 0. The molecule has 1 N–H and O–H groups in total. The normalized spacial score (nSPS) is 25.0. The Labute approximate surface area is 109 Å². The van der Waals surface area contributed by atoms with Gasteiger partial charge in [-0.3, -0.25) is 9.58 Å². The summed E-state index contributed by atoms with van der Waals surface area (Å²) < 4.78 is 1.86. The van der Waals surface area contributed by atoms with Crippen molar-refractivity contribution in [1.82, 2.24) is 19.6 Å². The van der Waals surface area contributed by atoms with Crippen molar-refractivity contribution < 1.29 is 5.11 Å². The minimum absolute atomic E-state index is 0.145. The van der Waals surface area contributed by atoms with Crippen molar-refractivity contribution in [3.63, 3.8) is 0 Å². The van der Waals surface area contributed by atoms with Crippen LogP contribution in [0.3, 0.4) is 0 Å². The highest BCUT2D eigenvalue weighted by molar-refractivity contribution is 5.11. The van der Waals surface area contributed by atoms with Crippen molar-refractivity contribution in [2.24, 2.45) is 0 Å². The molecule has 0 saturated carbocycles. The van der Waals surface area contributed by atoms with E-state index in [-0.39, 0.29) is 6.04 Å². The predicted molar refractivity (Wildman–Crippen MR) is 71.4 cm³/mol. The Morgan fingerprint density at radius 3 is 2.89 bits per heavy atom. The van der Waals surface area contributed by atoms with Gasteiger partial charge in [0.05, 0.1) is 18.3 Å². The maximum Gasteiger partial charge on any atom is 0.0987 e. The topological polar surface area (TPSA) is 44.5 Å². The van der Waals surface area contributed by atoms with Gasteiger partial charge in [-0.15, -0.1) is 0 Å². The summed E-state index contributed by atoms with van der Waals surface area (Å²) in [5, 5.41) is 14.8. The molecule has 2 heterocycles. The first-order chi connectivity index (χ1) is 8.61. The van der Waals surface area contributed by atoms with Gasteiger partial charge in [-0.05, 0) is 40.5 Å². The van der Waals surface area contributed by atoms with Crippen LogP contribution in [-0.4, -0.2) is 64.5 Å². The lowest BCUT2D eigenvalue weighted by atomic mass is 10.0. The first-order valence-corrected chi connectivity index (χ1v) is 6.71. The molecule has 0 bridgehead atoms. The van der Waals surface area contributed by atoms with Gasteiger partial charge >= 0.3 is 0 Å². The maximum absolute atomic E-state index is 10.5. The Hall–Kier alpha value is -0.910. The standard InChI is InChI=1S/C13H24N4O/c1-4-17-9-11(8-14-17)13(18)12-10-15(2)6-5-7-16(12)3/h8-9,12-13,18H,4-7,10H2,1-3H3. The van der Waals surface area contributed by atoms with Crippen molar-refractivity contribution in [3.05, 3.63) is 18.0 Å². The van der Waals surface area contributed by atoms with E-state index < -0.39 is 6.10 Å². The van der Waals surface area contributed by atoms with Gasteiger partial charge in [-0.2, -0.15) is 5.10 Å². The molecular weight excluding hydrogens is 228 g/mol. The molecule has 0 aromatic carbocycles. The summed E-state index contributed by atoms with van der Waals surface area (Å²) in [4.78, 5) is 4.55. The summed E-state index contributed by atoms with van der Waals surface area (Å²) in [5.41, 5.74) is 0.920. The highest BCUT2D eigenvalue weighted by atomic mass is 16.3. The van der Waals surface area contributed by atoms with Gasteiger partial charge in [0.2, 0.25) is 0 Å². The summed E-state index contributed by atoms with van der Waals surface area (Å²) in [6.07, 6.45) is 4.43. The molecule has 0 spiro atoms. The molecule has 1 aromatic heterocycles. The molecule has 1 aromatic rings. The van der Waals surface area contributed by atoms with Crippen LogP contribution in [0.25, 0.3) is 0 Å². The van der Waals surface area contributed by atoms with Gasteiger partial charge in [0.25, 0.3) is 0 Å². The third-order valence-electron chi connectivity index (χ3n) is 3.80. The monoisotopic (exact) mass is 252 g/mol. The van der Waals surface area contributed by atoms with E-state index in [4.69, 9.17) is 0 Å². The SMILES string of the molecule is CCn1cc(C(O)C2CN(C)CCCN2C)cn1. The number of aromatic nitrogens is 2. The fourth-order valence-corrected chi connectivity index (χ4v) is 2.57.